The molecule has 0 aromatic heterocycles. The first-order chi connectivity index (χ1) is 5.27. The molecular weight excluding hydrogens is 159 g/mol. The van der Waals surface area contributed by atoms with E-state index in [2.05, 4.69) is 6.92 Å². The van der Waals surface area contributed by atoms with Gasteiger partial charge in [0.2, 0.25) is 8.03 Å². The Kier molecular flexibility index (Phi) is 7.98. The molecule has 3 heteroatoms. The number of unbranched alkanes of at least 4 members (excludes halogenated alkanes) is 4. The van der Waals surface area contributed by atoms with Gasteiger partial charge in [-0.3, -0.25) is 4.57 Å². The molecule has 0 aromatic rings. The summed E-state index contributed by atoms with van der Waals surface area (Å²) in [6.07, 6.45) is 7.61. The van der Waals surface area contributed by atoms with Crippen molar-refractivity contribution in [2.24, 2.45) is 0 Å². The summed E-state index contributed by atoms with van der Waals surface area (Å²) in [4.78, 5) is 8.41. The molecule has 1 unspecified atom stereocenters. The third-order valence-electron chi connectivity index (χ3n) is 1.48. The summed E-state index contributed by atoms with van der Waals surface area (Å²) in [5.41, 5.74) is 0. The lowest BCUT2D eigenvalue weighted by atomic mass is 10.2. The second kappa shape index (κ2) is 8.03. The Labute approximate surface area is 69.2 Å². The highest BCUT2D eigenvalue weighted by Gasteiger charge is 1.85. The van der Waals surface area contributed by atoms with Crippen LogP contribution in [0.1, 0.15) is 39.0 Å². The second-order valence-electron chi connectivity index (χ2n) is 2.59. The van der Waals surface area contributed by atoms with Crippen molar-refractivity contribution in [2.45, 2.75) is 39.0 Å². The predicted molar refractivity (Wildman–Crippen MR) is 49.1 cm³/mol. The molecule has 0 heterocycles. The summed E-state index contributed by atoms with van der Waals surface area (Å²) >= 11 is 0. The lowest BCUT2D eigenvalue weighted by molar-refractivity contribution is 0.512. The van der Waals surface area contributed by atoms with Gasteiger partial charge in [-0.25, -0.2) is 0 Å². The molecule has 0 saturated carbocycles. The lowest BCUT2D eigenvalue weighted by Crippen LogP contribution is -1.72. The average molecular weight is 176 g/mol. The summed E-state index contributed by atoms with van der Waals surface area (Å²) in [6.45, 7) is 2.17. The van der Waals surface area contributed by atoms with E-state index in [0.717, 1.165) is 12.8 Å². The predicted octanol–water partition coefficient (Wildman–Crippen LogP) is 2.94. The van der Waals surface area contributed by atoms with Gasteiger partial charge in [-0.2, -0.15) is 0 Å². The minimum Gasteiger partial charge on any atom is -0.344 e. The van der Waals surface area contributed by atoms with Crippen LogP contribution in [0.25, 0.3) is 0 Å². The largest absolute Gasteiger partial charge is 0.344 e. The zero-order chi connectivity index (χ0) is 8.53. The minimum absolute atomic E-state index is 0.941. The average Bonchev–Trinajstić information content (AvgIpc) is 1.96. The fourth-order valence-corrected chi connectivity index (χ4v) is 1.24. The fraction of sp³-hybridized carbons (Fsp3) is 0.750. The van der Waals surface area contributed by atoms with Crippen LogP contribution in [-0.4, -0.2) is 4.89 Å². The van der Waals surface area contributed by atoms with Gasteiger partial charge in [0.15, 0.2) is 0 Å². The van der Waals surface area contributed by atoms with Crippen LogP contribution in [0.4, 0.5) is 0 Å². The summed E-state index contributed by atoms with van der Waals surface area (Å²) in [5.74, 6) is 1.40. The zero-order valence-electron chi connectivity index (χ0n) is 7.05. The molecule has 0 amide bonds. The lowest BCUT2D eigenvalue weighted by Gasteiger charge is -1.92. The Bertz CT molecular complexity index is 132. The monoisotopic (exact) mass is 176 g/mol. The van der Waals surface area contributed by atoms with Gasteiger partial charge in [-0.05, 0) is 18.7 Å². The van der Waals surface area contributed by atoms with E-state index in [1.54, 1.807) is 6.08 Å². The van der Waals surface area contributed by atoms with Gasteiger partial charge in [0.25, 0.3) is 0 Å². The van der Waals surface area contributed by atoms with Gasteiger partial charge in [-0.1, -0.05) is 32.3 Å². The smallest absolute Gasteiger partial charge is 0.210 e. The number of hydrogen-bond acceptors (Lipinski definition) is 1. The number of rotatable bonds is 6. The van der Waals surface area contributed by atoms with Crippen LogP contribution in [0.5, 0.6) is 0 Å². The zero-order valence-corrected chi connectivity index (χ0v) is 8.05. The Morgan fingerprint density at radius 1 is 1.36 bits per heavy atom. The molecule has 0 spiro atoms. The third kappa shape index (κ3) is 9.93. The van der Waals surface area contributed by atoms with Crippen molar-refractivity contribution in [1.29, 1.82) is 0 Å². The van der Waals surface area contributed by atoms with E-state index >= 15 is 0 Å². The first-order valence-electron chi connectivity index (χ1n) is 4.17. The summed E-state index contributed by atoms with van der Waals surface area (Å²) in [7, 11) is -2.36. The van der Waals surface area contributed by atoms with Crippen molar-refractivity contribution < 1.29 is 9.46 Å². The van der Waals surface area contributed by atoms with Crippen LogP contribution < -0.4 is 0 Å². The maximum atomic E-state index is 10.2. The molecule has 66 valence electrons. The van der Waals surface area contributed by atoms with Gasteiger partial charge in [-0.15, -0.1) is 0 Å². The molecule has 1 atom stereocenters. The summed E-state index contributed by atoms with van der Waals surface area (Å²) < 4.78 is 10.2. The van der Waals surface area contributed by atoms with Crippen molar-refractivity contribution in [2.75, 3.05) is 0 Å². The molecule has 11 heavy (non-hydrogen) atoms. The quantitative estimate of drug-likeness (QED) is 0.499. The molecule has 0 bridgehead atoms. The van der Waals surface area contributed by atoms with Gasteiger partial charge in [0.05, 0.1) is 0 Å². The molecule has 0 rings (SSSR count). The maximum absolute atomic E-state index is 10.2. The van der Waals surface area contributed by atoms with Crippen molar-refractivity contribution in [1.82, 2.24) is 0 Å². The molecular formula is C8H17O2P. The van der Waals surface area contributed by atoms with Crippen molar-refractivity contribution in [3.63, 3.8) is 0 Å². The van der Waals surface area contributed by atoms with Gasteiger partial charge in [0, 0.05) is 0 Å². The van der Waals surface area contributed by atoms with Crippen LogP contribution in [0, 0.1) is 0 Å². The Morgan fingerprint density at radius 3 is 2.64 bits per heavy atom. The Balaban J connectivity index is 3.07. The summed E-state index contributed by atoms with van der Waals surface area (Å²) in [5, 5.41) is 0. The second-order valence-corrected chi connectivity index (χ2v) is 3.60. The highest BCUT2D eigenvalue weighted by atomic mass is 31.1. The fourth-order valence-electron chi connectivity index (χ4n) is 0.873. The van der Waals surface area contributed by atoms with E-state index in [1.165, 1.54) is 25.1 Å². The van der Waals surface area contributed by atoms with Crippen LogP contribution >= 0.6 is 8.03 Å². The van der Waals surface area contributed by atoms with Crippen LogP contribution in [0.2, 0.25) is 0 Å². The number of allylic oxidation sites excluding steroid dienone is 1. The molecule has 0 fully saturated rings. The molecule has 0 aliphatic carbocycles. The van der Waals surface area contributed by atoms with Crippen LogP contribution in [0.15, 0.2) is 11.9 Å². The van der Waals surface area contributed by atoms with Crippen LogP contribution in [0.3, 0.4) is 0 Å². The van der Waals surface area contributed by atoms with E-state index in [9.17, 15) is 4.57 Å². The molecule has 0 aromatic carbocycles. The standard InChI is InChI=1S/C8H17O2P/c1-2-3-4-5-6-7-8-11(9)10/h7-8,11H,2-6H2,1H3,(H,9,10)/b8-7-. The Hall–Kier alpha value is -0.0700. The first kappa shape index (κ1) is 10.9. The minimum atomic E-state index is -2.36. The molecule has 1 N–H and O–H groups in total. The number of hydrogen-bond donors (Lipinski definition) is 1. The topological polar surface area (TPSA) is 37.3 Å². The molecule has 0 aliphatic heterocycles. The van der Waals surface area contributed by atoms with E-state index in [1.807, 2.05) is 0 Å². The van der Waals surface area contributed by atoms with E-state index in [4.69, 9.17) is 4.89 Å². The summed E-state index contributed by atoms with van der Waals surface area (Å²) in [6, 6.07) is 0. The molecule has 0 radical (unpaired) electrons. The SMILES string of the molecule is CCCCCC/C=C\[PH](=O)O. The van der Waals surface area contributed by atoms with Crippen molar-refractivity contribution in [3.05, 3.63) is 11.9 Å². The first-order valence-corrected chi connectivity index (χ1v) is 5.60. The van der Waals surface area contributed by atoms with E-state index in [-0.39, 0.29) is 0 Å². The van der Waals surface area contributed by atoms with Crippen molar-refractivity contribution >= 4 is 8.03 Å². The van der Waals surface area contributed by atoms with Gasteiger partial charge < -0.3 is 4.89 Å². The van der Waals surface area contributed by atoms with Gasteiger partial charge in [0.1, 0.15) is 0 Å². The maximum Gasteiger partial charge on any atom is 0.210 e. The Morgan fingerprint density at radius 2 is 2.09 bits per heavy atom. The highest BCUT2D eigenvalue weighted by Crippen LogP contribution is 2.15. The van der Waals surface area contributed by atoms with Crippen molar-refractivity contribution in [3.8, 4) is 0 Å². The molecule has 0 aliphatic rings. The molecule has 2 nitrogen and oxygen atoms in total. The van der Waals surface area contributed by atoms with Gasteiger partial charge >= 0.3 is 0 Å². The van der Waals surface area contributed by atoms with E-state index < -0.39 is 8.03 Å². The normalized spacial score (nSPS) is 14.0. The van der Waals surface area contributed by atoms with E-state index in [0.29, 0.717) is 0 Å². The third-order valence-corrected chi connectivity index (χ3v) is 2.01. The highest BCUT2D eigenvalue weighted by molar-refractivity contribution is 7.41. The molecule has 0 saturated heterocycles. The van der Waals surface area contributed by atoms with Crippen LogP contribution in [-0.2, 0) is 4.57 Å².